The fourth-order valence-electron chi connectivity index (χ4n) is 1.68. The summed E-state index contributed by atoms with van der Waals surface area (Å²) in [6, 6.07) is 2.50. The van der Waals surface area contributed by atoms with Gasteiger partial charge in [0.05, 0.1) is 0 Å². The second kappa shape index (κ2) is 6.26. The smallest absolute Gasteiger partial charge is 0.244 e. The maximum atomic E-state index is 13.4. The summed E-state index contributed by atoms with van der Waals surface area (Å²) in [5.41, 5.74) is 0.215. The highest BCUT2D eigenvalue weighted by Gasteiger charge is 2.19. The Balaban J connectivity index is 2.70. The summed E-state index contributed by atoms with van der Waals surface area (Å²) in [4.78, 5) is 24.0. The number of benzene rings is 1. The first-order valence-electron chi connectivity index (χ1n) is 5.77. The zero-order valence-electron chi connectivity index (χ0n) is 11.0. The number of rotatable bonds is 4. The summed E-state index contributed by atoms with van der Waals surface area (Å²) in [7, 11) is 1.49. The van der Waals surface area contributed by atoms with Gasteiger partial charge in [-0.15, -0.1) is 0 Å². The van der Waals surface area contributed by atoms with E-state index >= 15 is 0 Å². The van der Waals surface area contributed by atoms with E-state index in [0.717, 1.165) is 12.1 Å². The van der Waals surface area contributed by atoms with Gasteiger partial charge in [-0.2, -0.15) is 0 Å². The van der Waals surface area contributed by atoms with Crippen molar-refractivity contribution in [2.24, 2.45) is 0 Å². The number of hydrogen-bond donors (Lipinski definition) is 1. The van der Waals surface area contributed by atoms with Crippen molar-refractivity contribution < 1.29 is 18.4 Å². The van der Waals surface area contributed by atoms with E-state index in [-0.39, 0.29) is 23.9 Å². The molecule has 0 aromatic heterocycles. The first kappa shape index (κ1) is 15.1. The number of hydrogen-bond acceptors (Lipinski definition) is 2. The summed E-state index contributed by atoms with van der Waals surface area (Å²) < 4.78 is 26.2. The van der Waals surface area contributed by atoms with Gasteiger partial charge in [-0.05, 0) is 13.0 Å². The molecule has 0 bridgehead atoms. The minimum absolute atomic E-state index is 0.00880. The monoisotopic (exact) mass is 270 g/mol. The summed E-state index contributed by atoms with van der Waals surface area (Å²) in [5.74, 6) is -2.03. The number of carbonyl (C=O) groups excluding carboxylic acids is 2. The number of amides is 2. The maximum absolute atomic E-state index is 13.4. The quantitative estimate of drug-likeness (QED) is 0.900. The van der Waals surface area contributed by atoms with Crippen LogP contribution in [0, 0.1) is 11.6 Å². The molecule has 6 heteroatoms. The molecule has 0 fully saturated rings. The van der Waals surface area contributed by atoms with Crippen molar-refractivity contribution in [1.82, 2.24) is 10.2 Å². The Kier molecular flexibility index (Phi) is 4.97. The van der Waals surface area contributed by atoms with Gasteiger partial charge in [0, 0.05) is 32.1 Å². The van der Waals surface area contributed by atoms with Gasteiger partial charge in [-0.25, -0.2) is 8.78 Å². The molecule has 0 aliphatic heterocycles. The van der Waals surface area contributed by atoms with Crippen LogP contribution in [0.1, 0.15) is 19.4 Å². The molecular weight excluding hydrogens is 254 g/mol. The number of nitrogens with one attached hydrogen (secondary N) is 1. The molecule has 0 spiro atoms. The highest BCUT2D eigenvalue weighted by Crippen LogP contribution is 2.12. The van der Waals surface area contributed by atoms with E-state index in [4.69, 9.17) is 0 Å². The summed E-state index contributed by atoms with van der Waals surface area (Å²) >= 11 is 0. The Bertz CT molecular complexity index is 492. The van der Waals surface area contributed by atoms with Crippen LogP contribution < -0.4 is 5.32 Å². The predicted octanol–water partition coefficient (Wildman–Crippen LogP) is 1.45. The normalized spacial score (nSPS) is 11.8. The molecule has 0 saturated heterocycles. The first-order chi connectivity index (χ1) is 8.81. The van der Waals surface area contributed by atoms with Crippen molar-refractivity contribution >= 4 is 11.8 Å². The van der Waals surface area contributed by atoms with Gasteiger partial charge in [0.25, 0.3) is 0 Å². The van der Waals surface area contributed by atoms with Crippen LogP contribution >= 0.6 is 0 Å². The number of likely N-dealkylation sites (N-methyl/N-ethyl adjacent to an activating group) is 1. The minimum Gasteiger partial charge on any atom is -0.345 e. The Hall–Kier alpha value is -1.98. The molecule has 0 heterocycles. The van der Waals surface area contributed by atoms with Gasteiger partial charge in [0.1, 0.15) is 17.7 Å². The van der Waals surface area contributed by atoms with Crippen LogP contribution in [0.25, 0.3) is 0 Å². The van der Waals surface area contributed by atoms with Crippen LogP contribution in [0.5, 0.6) is 0 Å². The highest BCUT2D eigenvalue weighted by atomic mass is 19.1. The maximum Gasteiger partial charge on any atom is 0.244 e. The van der Waals surface area contributed by atoms with Gasteiger partial charge >= 0.3 is 0 Å². The molecule has 1 aromatic carbocycles. The van der Waals surface area contributed by atoms with Crippen LogP contribution in [0.2, 0.25) is 0 Å². The zero-order chi connectivity index (χ0) is 14.6. The molecule has 4 nitrogen and oxygen atoms in total. The molecule has 2 amide bonds. The molecule has 1 unspecified atom stereocenters. The lowest BCUT2D eigenvalue weighted by Crippen LogP contribution is -2.44. The standard InChI is InChI=1S/C13H16F2N2O2/c1-8(16-9(2)18)13(19)17(3)7-10-4-5-11(14)6-12(10)15/h4-6,8H,7H2,1-3H3,(H,16,18). The van der Waals surface area contributed by atoms with Gasteiger partial charge in [-0.1, -0.05) is 6.07 Å². The van der Waals surface area contributed by atoms with Crippen molar-refractivity contribution in [3.05, 3.63) is 35.4 Å². The van der Waals surface area contributed by atoms with Crippen LogP contribution in [0.4, 0.5) is 8.78 Å². The summed E-state index contributed by atoms with van der Waals surface area (Å²) in [6.45, 7) is 2.86. The molecule has 1 atom stereocenters. The van der Waals surface area contributed by atoms with E-state index in [1.165, 1.54) is 24.9 Å². The molecular formula is C13H16F2N2O2. The number of halogens is 2. The lowest BCUT2D eigenvalue weighted by atomic mass is 10.2. The highest BCUT2D eigenvalue weighted by molar-refractivity contribution is 5.86. The average molecular weight is 270 g/mol. The molecule has 1 rings (SSSR count). The summed E-state index contributed by atoms with van der Waals surface area (Å²) in [6.07, 6.45) is 0. The second-order valence-corrected chi connectivity index (χ2v) is 4.35. The fraction of sp³-hybridized carbons (Fsp3) is 0.385. The number of carbonyl (C=O) groups is 2. The van der Waals surface area contributed by atoms with Crippen LogP contribution in [0.15, 0.2) is 18.2 Å². The van der Waals surface area contributed by atoms with Gasteiger partial charge in [-0.3, -0.25) is 9.59 Å². The zero-order valence-corrected chi connectivity index (χ0v) is 11.0. The van der Waals surface area contributed by atoms with Crippen LogP contribution in [-0.2, 0) is 16.1 Å². The largest absolute Gasteiger partial charge is 0.345 e. The third-order valence-corrected chi connectivity index (χ3v) is 2.59. The van der Waals surface area contributed by atoms with E-state index in [0.29, 0.717) is 0 Å². The van der Waals surface area contributed by atoms with E-state index in [2.05, 4.69) is 5.32 Å². The Labute approximate surface area is 110 Å². The van der Waals surface area contributed by atoms with Gasteiger partial charge in [0.15, 0.2) is 0 Å². The van der Waals surface area contributed by atoms with Crippen LogP contribution in [0.3, 0.4) is 0 Å². The minimum atomic E-state index is -0.702. The van der Waals surface area contributed by atoms with Crippen molar-refractivity contribution in [2.45, 2.75) is 26.4 Å². The van der Waals surface area contributed by atoms with Crippen LogP contribution in [-0.4, -0.2) is 29.8 Å². The third-order valence-electron chi connectivity index (χ3n) is 2.59. The summed E-state index contributed by atoms with van der Waals surface area (Å²) in [5, 5.41) is 2.45. The van der Waals surface area contributed by atoms with E-state index < -0.39 is 17.7 Å². The van der Waals surface area contributed by atoms with Gasteiger partial charge in [0.2, 0.25) is 11.8 Å². The molecule has 0 radical (unpaired) electrons. The van der Waals surface area contributed by atoms with E-state index in [1.54, 1.807) is 6.92 Å². The molecule has 1 aromatic rings. The SMILES string of the molecule is CC(=O)NC(C)C(=O)N(C)Cc1ccc(F)cc1F. The van der Waals surface area contributed by atoms with Gasteiger partial charge < -0.3 is 10.2 Å². The Morgan fingerprint density at radius 2 is 2.00 bits per heavy atom. The predicted molar refractivity (Wildman–Crippen MR) is 66.1 cm³/mol. The Morgan fingerprint density at radius 3 is 2.53 bits per heavy atom. The van der Waals surface area contributed by atoms with E-state index in [9.17, 15) is 18.4 Å². The molecule has 104 valence electrons. The molecule has 0 aliphatic rings. The fourth-order valence-corrected chi connectivity index (χ4v) is 1.68. The molecule has 19 heavy (non-hydrogen) atoms. The molecule has 0 saturated carbocycles. The van der Waals surface area contributed by atoms with Crippen molar-refractivity contribution in [2.75, 3.05) is 7.05 Å². The number of nitrogens with zero attached hydrogens (tertiary/aromatic N) is 1. The van der Waals surface area contributed by atoms with Crippen molar-refractivity contribution in [3.63, 3.8) is 0 Å². The second-order valence-electron chi connectivity index (χ2n) is 4.35. The lowest BCUT2D eigenvalue weighted by Gasteiger charge is -2.22. The molecule has 0 aliphatic carbocycles. The van der Waals surface area contributed by atoms with Crippen molar-refractivity contribution in [1.29, 1.82) is 0 Å². The van der Waals surface area contributed by atoms with E-state index in [1.807, 2.05) is 0 Å². The van der Waals surface area contributed by atoms with Crippen molar-refractivity contribution in [3.8, 4) is 0 Å². The topological polar surface area (TPSA) is 49.4 Å². The third kappa shape index (κ3) is 4.31. The lowest BCUT2D eigenvalue weighted by molar-refractivity contribution is -0.134. The first-order valence-corrected chi connectivity index (χ1v) is 5.77. The average Bonchev–Trinajstić information content (AvgIpc) is 2.30. The Morgan fingerprint density at radius 1 is 1.37 bits per heavy atom. The molecule has 1 N–H and O–H groups in total.